The zero-order chi connectivity index (χ0) is 13.4. The third-order valence-electron chi connectivity index (χ3n) is 2.70. The molecule has 1 rings (SSSR count). The lowest BCUT2D eigenvalue weighted by Gasteiger charge is -2.13. The van der Waals surface area contributed by atoms with Crippen molar-refractivity contribution in [1.82, 2.24) is 0 Å². The van der Waals surface area contributed by atoms with Crippen LogP contribution in [-0.2, 0) is 0 Å². The maximum atomic E-state index is 9.11. The first-order valence-corrected chi connectivity index (χ1v) is 6.22. The van der Waals surface area contributed by atoms with Gasteiger partial charge in [0.2, 0.25) is 0 Å². The lowest BCUT2D eigenvalue weighted by atomic mass is 9.92. The molecule has 0 spiro atoms. The molecule has 2 N–H and O–H groups in total. The van der Waals surface area contributed by atoms with E-state index in [1.807, 2.05) is 19.9 Å². The molecule has 2 nitrogen and oxygen atoms in total. The predicted molar refractivity (Wildman–Crippen MR) is 73.5 cm³/mol. The van der Waals surface area contributed by atoms with Gasteiger partial charge in [-0.05, 0) is 44.8 Å². The zero-order valence-electron chi connectivity index (χ0n) is 11.1. The highest BCUT2D eigenvalue weighted by molar-refractivity contribution is 5.49. The molecule has 0 aliphatic heterocycles. The molecule has 0 unspecified atom stereocenters. The molecule has 0 amide bonds. The molecule has 0 atom stereocenters. The first-order valence-electron chi connectivity index (χ1n) is 6.22. The number of hydrogen-bond donors (Lipinski definition) is 2. The monoisotopic (exact) mass is 244 g/mol. The average Bonchev–Trinajstić information content (AvgIpc) is 2.37. The smallest absolute Gasteiger partial charge is 0.104 e. The van der Waals surface area contributed by atoms with Crippen molar-refractivity contribution in [3.63, 3.8) is 0 Å². The number of hydrogen-bond acceptors (Lipinski definition) is 2. The van der Waals surface area contributed by atoms with Crippen LogP contribution >= 0.6 is 0 Å². The molecule has 1 aliphatic carbocycles. The quantitative estimate of drug-likeness (QED) is 0.693. The van der Waals surface area contributed by atoms with Crippen molar-refractivity contribution < 1.29 is 10.2 Å². The Labute approximate surface area is 109 Å². The summed E-state index contributed by atoms with van der Waals surface area (Å²) in [6.07, 6.45) is 7.09. The van der Waals surface area contributed by atoms with E-state index in [0.29, 0.717) is 0 Å². The topological polar surface area (TPSA) is 40.5 Å². The molecular formula is C16H20O2. The van der Waals surface area contributed by atoms with Gasteiger partial charge < -0.3 is 10.2 Å². The van der Waals surface area contributed by atoms with Crippen molar-refractivity contribution in [1.29, 1.82) is 0 Å². The van der Waals surface area contributed by atoms with E-state index in [0.717, 1.165) is 30.4 Å². The molecule has 0 fully saturated rings. The summed E-state index contributed by atoms with van der Waals surface area (Å²) in [5.74, 6) is 11.7. The Hall–Kier alpha value is -1.48. The maximum Gasteiger partial charge on any atom is 0.104 e. The van der Waals surface area contributed by atoms with Crippen molar-refractivity contribution >= 4 is 0 Å². The highest BCUT2D eigenvalue weighted by Crippen LogP contribution is 2.23. The second-order valence-electron chi connectivity index (χ2n) is 4.95. The van der Waals surface area contributed by atoms with Crippen LogP contribution in [0.3, 0.4) is 0 Å². The Morgan fingerprint density at radius 3 is 2.83 bits per heavy atom. The predicted octanol–water partition coefficient (Wildman–Crippen LogP) is 2.04. The largest absolute Gasteiger partial charge is 0.395 e. The molecule has 2 heteroatoms. The fourth-order valence-electron chi connectivity index (χ4n) is 1.58. The van der Waals surface area contributed by atoms with Crippen LogP contribution in [0.4, 0.5) is 0 Å². The van der Waals surface area contributed by atoms with Gasteiger partial charge in [0, 0.05) is 11.0 Å². The van der Waals surface area contributed by atoms with Gasteiger partial charge in [0.05, 0.1) is 6.61 Å². The van der Waals surface area contributed by atoms with E-state index >= 15 is 0 Å². The van der Waals surface area contributed by atoms with Crippen LogP contribution in [0.15, 0.2) is 23.3 Å². The molecule has 96 valence electrons. The number of aliphatic hydroxyl groups is 2. The summed E-state index contributed by atoms with van der Waals surface area (Å²) in [5.41, 5.74) is 1.74. The van der Waals surface area contributed by atoms with Gasteiger partial charge in [0.25, 0.3) is 0 Å². The molecule has 0 aromatic rings. The van der Waals surface area contributed by atoms with Crippen molar-refractivity contribution in [3.05, 3.63) is 23.3 Å². The van der Waals surface area contributed by atoms with Crippen molar-refractivity contribution in [2.45, 2.75) is 33.1 Å². The van der Waals surface area contributed by atoms with Gasteiger partial charge in [-0.2, -0.15) is 0 Å². The van der Waals surface area contributed by atoms with Gasteiger partial charge in [0.1, 0.15) is 6.61 Å². The van der Waals surface area contributed by atoms with Crippen LogP contribution < -0.4 is 0 Å². The summed E-state index contributed by atoms with van der Waals surface area (Å²) < 4.78 is 0. The van der Waals surface area contributed by atoms with Crippen LogP contribution in [0.5, 0.6) is 0 Å². The first kappa shape index (κ1) is 14.6. The van der Waals surface area contributed by atoms with E-state index in [4.69, 9.17) is 10.2 Å². The van der Waals surface area contributed by atoms with Crippen molar-refractivity contribution in [2.24, 2.45) is 5.41 Å². The van der Waals surface area contributed by atoms with E-state index in [2.05, 4.69) is 29.8 Å². The average molecular weight is 244 g/mol. The number of aliphatic hydroxyl groups excluding tert-OH is 2. The minimum atomic E-state index is -0.369. The molecular weight excluding hydrogens is 224 g/mol. The molecule has 0 heterocycles. The molecule has 1 aliphatic rings. The molecule has 0 aromatic carbocycles. The lowest BCUT2D eigenvalue weighted by Crippen LogP contribution is -2.13. The van der Waals surface area contributed by atoms with Crippen molar-refractivity contribution in [3.8, 4) is 23.7 Å². The maximum absolute atomic E-state index is 9.11. The van der Waals surface area contributed by atoms with Gasteiger partial charge >= 0.3 is 0 Å². The number of allylic oxidation sites excluding steroid dienone is 4. The Kier molecular flexibility index (Phi) is 5.72. The molecule has 0 aromatic heterocycles. The normalized spacial score (nSPS) is 17.3. The molecule has 0 saturated carbocycles. The van der Waals surface area contributed by atoms with Crippen LogP contribution in [-0.4, -0.2) is 23.4 Å². The highest BCUT2D eigenvalue weighted by atomic mass is 16.3. The Morgan fingerprint density at radius 2 is 2.17 bits per heavy atom. The van der Waals surface area contributed by atoms with E-state index in [1.54, 1.807) is 0 Å². The summed E-state index contributed by atoms with van der Waals surface area (Å²) in [4.78, 5) is 0. The van der Waals surface area contributed by atoms with Gasteiger partial charge in [-0.15, -0.1) is 0 Å². The van der Waals surface area contributed by atoms with Gasteiger partial charge in [-0.1, -0.05) is 29.8 Å². The van der Waals surface area contributed by atoms with E-state index in [-0.39, 0.29) is 18.6 Å². The standard InChI is InChI=1S/C16H20O2/c1-16(2,13-18)11-5-9-14-7-3-4-8-15(14)10-6-12-17/h8-9,17-18H,3-4,7,12-13H2,1-2H3/b14-9-. The zero-order valence-corrected chi connectivity index (χ0v) is 11.1. The Morgan fingerprint density at radius 1 is 1.39 bits per heavy atom. The fourth-order valence-corrected chi connectivity index (χ4v) is 1.58. The third-order valence-corrected chi connectivity index (χ3v) is 2.70. The molecule has 0 saturated heterocycles. The third kappa shape index (κ3) is 4.80. The summed E-state index contributed by atoms with van der Waals surface area (Å²) in [6, 6.07) is 0. The minimum Gasteiger partial charge on any atom is -0.395 e. The first-order chi connectivity index (χ1) is 8.59. The SMILES string of the molecule is CC(C)(C#C/C=C1/CCCC=C1C#CCO)CO. The summed E-state index contributed by atoms with van der Waals surface area (Å²) in [7, 11) is 0. The van der Waals surface area contributed by atoms with Gasteiger partial charge in [-0.3, -0.25) is 0 Å². The molecule has 18 heavy (non-hydrogen) atoms. The minimum absolute atomic E-state index is 0.0518. The van der Waals surface area contributed by atoms with Crippen LogP contribution in [0.1, 0.15) is 33.1 Å². The number of rotatable bonds is 1. The Bertz CT molecular complexity index is 459. The second kappa shape index (κ2) is 7.07. The van der Waals surface area contributed by atoms with Gasteiger partial charge in [-0.25, -0.2) is 0 Å². The lowest BCUT2D eigenvalue weighted by molar-refractivity contribution is 0.207. The summed E-state index contributed by atoms with van der Waals surface area (Å²) >= 11 is 0. The van der Waals surface area contributed by atoms with Crippen LogP contribution in [0, 0.1) is 29.1 Å². The van der Waals surface area contributed by atoms with Crippen LogP contribution in [0.2, 0.25) is 0 Å². The molecule has 0 radical (unpaired) electrons. The fraction of sp³-hybridized carbons (Fsp3) is 0.500. The van der Waals surface area contributed by atoms with Crippen LogP contribution in [0.25, 0.3) is 0 Å². The summed E-state index contributed by atoms with van der Waals surface area (Å²) in [6.45, 7) is 3.74. The molecule has 0 bridgehead atoms. The van der Waals surface area contributed by atoms with E-state index < -0.39 is 0 Å². The summed E-state index contributed by atoms with van der Waals surface area (Å²) in [5, 5.41) is 17.8. The van der Waals surface area contributed by atoms with Gasteiger partial charge in [0.15, 0.2) is 0 Å². The van der Waals surface area contributed by atoms with E-state index in [1.165, 1.54) is 0 Å². The Balaban J connectivity index is 2.86. The second-order valence-corrected chi connectivity index (χ2v) is 4.95. The highest BCUT2D eigenvalue weighted by Gasteiger charge is 2.11. The van der Waals surface area contributed by atoms with Crippen molar-refractivity contribution in [2.75, 3.05) is 13.2 Å². The van der Waals surface area contributed by atoms with E-state index in [9.17, 15) is 0 Å².